The SMILES string of the molecule is C=C1C(C)CCC2(C)CCC3(C)C(CCC4C5(C)CCC(O)C(C)(C)C5CCC43C)C12. The van der Waals surface area contributed by atoms with E-state index in [2.05, 4.69) is 48.5 Å². The molecule has 0 amide bonds. The monoisotopic (exact) mass is 426 g/mol. The van der Waals surface area contributed by atoms with Crippen LogP contribution in [0.15, 0.2) is 12.2 Å². The van der Waals surface area contributed by atoms with Crippen LogP contribution in [0, 0.1) is 56.7 Å². The summed E-state index contributed by atoms with van der Waals surface area (Å²) in [5.41, 5.74) is 3.42. The molecule has 5 fully saturated rings. The van der Waals surface area contributed by atoms with E-state index >= 15 is 0 Å². The van der Waals surface area contributed by atoms with E-state index in [9.17, 15) is 5.11 Å². The summed E-state index contributed by atoms with van der Waals surface area (Å²) in [6.07, 6.45) is 13.2. The third-order valence-electron chi connectivity index (χ3n) is 13.5. The first-order valence-corrected chi connectivity index (χ1v) is 13.7. The third-order valence-corrected chi connectivity index (χ3v) is 13.5. The van der Waals surface area contributed by atoms with E-state index in [-0.39, 0.29) is 11.5 Å². The Bertz CT molecular complexity index is 766. The van der Waals surface area contributed by atoms with E-state index in [1.165, 1.54) is 57.8 Å². The normalized spacial score (nSPS) is 58.5. The minimum atomic E-state index is -0.121. The maximum Gasteiger partial charge on any atom is 0.0594 e. The molecule has 5 aliphatic rings. The van der Waals surface area contributed by atoms with E-state index in [1.54, 1.807) is 5.57 Å². The van der Waals surface area contributed by atoms with Crippen molar-refractivity contribution in [3.63, 3.8) is 0 Å². The number of hydrogen-bond donors (Lipinski definition) is 1. The van der Waals surface area contributed by atoms with Crippen molar-refractivity contribution in [2.45, 2.75) is 119 Å². The molecule has 10 unspecified atom stereocenters. The summed E-state index contributed by atoms with van der Waals surface area (Å²) in [6, 6.07) is 0. The second kappa shape index (κ2) is 6.64. The standard InChI is InChI=1S/C30H50O/c1-19-11-14-27(5)17-18-29(7)21(25(27)20(19)2)9-10-23-28(6)15-13-24(31)26(3,4)22(28)12-16-30(23,29)8/h19,21-25,31H,2,9-18H2,1,3-8H3. The van der Waals surface area contributed by atoms with Crippen molar-refractivity contribution in [2.24, 2.45) is 56.7 Å². The van der Waals surface area contributed by atoms with Gasteiger partial charge in [-0.15, -0.1) is 0 Å². The van der Waals surface area contributed by atoms with Crippen LogP contribution >= 0.6 is 0 Å². The van der Waals surface area contributed by atoms with E-state index in [1.807, 2.05) is 0 Å². The average molecular weight is 427 g/mol. The molecule has 0 aromatic rings. The summed E-state index contributed by atoms with van der Waals surface area (Å²) in [6.45, 7) is 22.6. The minimum Gasteiger partial charge on any atom is -0.393 e. The average Bonchev–Trinajstić information content (AvgIpc) is 2.69. The molecule has 0 spiro atoms. The van der Waals surface area contributed by atoms with Gasteiger partial charge in [0.1, 0.15) is 0 Å². The van der Waals surface area contributed by atoms with Gasteiger partial charge in [0.25, 0.3) is 0 Å². The van der Waals surface area contributed by atoms with Gasteiger partial charge in [-0.1, -0.05) is 60.6 Å². The van der Waals surface area contributed by atoms with Crippen LogP contribution in [0.4, 0.5) is 0 Å². The van der Waals surface area contributed by atoms with Crippen molar-refractivity contribution < 1.29 is 5.11 Å². The first-order chi connectivity index (χ1) is 14.3. The molecule has 0 aromatic carbocycles. The van der Waals surface area contributed by atoms with Gasteiger partial charge in [0.15, 0.2) is 0 Å². The molecule has 0 aromatic heterocycles. The molecule has 5 aliphatic carbocycles. The van der Waals surface area contributed by atoms with Crippen LogP contribution < -0.4 is 0 Å². The Kier molecular flexibility index (Phi) is 4.82. The quantitative estimate of drug-likeness (QED) is 0.389. The van der Waals surface area contributed by atoms with Gasteiger partial charge in [0.2, 0.25) is 0 Å². The zero-order chi connectivity index (χ0) is 22.6. The smallest absolute Gasteiger partial charge is 0.0594 e. The largest absolute Gasteiger partial charge is 0.393 e. The summed E-state index contributed by atoms with van der Waals surface area (Å²) in [4.78, 5) is 0. The van der Waals surface area contributed by atoms with Crippen molar-refractivity contribution in [2.75, 3.05) is 0 Å². The summed E-state index contributed by atoms with van der Waals surface area (Å²) in [5, 5.41) is 10.9. The van der Waals surface area contributed by atoms with Gasteiger partial charge in [0, 0.05) is 0 Å². The minimum absolute atomic E-state index is 0.0598. The number of aliphatic hydroxyl groups is 1. The lowest BCUT2D eigenvalue weighted by molar-refractivity contribution is -0.246. The first-order valence-electron chi connectivity index (χ1n) is 13.7. The molecule has 10 atom stereocenters. The Labute approximate surface area is 192 Å². The molecule has 0 aliphatic heterocycles. The molecule has 1 N–H and O–H groups in total. The molecular weight excluding hydrogens is 376 g/mol. The van der Waals surface area contributed by atoms with Crippen LogP contribution in [0.5, 0.6) is 0 Å². The molecule has 5 rings (SSSR count). The number of aliphatic hydroxyl groups excluding tert-OH is 1. The Morgan fingerprint density at radius 3 is 2.16 bits per heavy atom. The molecule has 176 valence electrons. The van der Waals surface area contributed by atoms with Gasteiger partial charge in [-0.25, -0.2) is 0 Å². The first kappa shape index (κ1) is 22.5. The van der Waals surface area contributed by atoms with Gasteiger partial charge in [-0.3, -0.25) is 0 Å². The highest BCUT2D eigenvalue weighted by atomic mass is 16.3. The summed E-state index contributed by atoms with van der Waals surface area (Å²) in [5.74, 6) is 3.75. The van der Waals surface area contributed by atoms with E-state index < -0.39 is 0 Å². The van der Waals surface area contributed by atoms with E-state index in [0.29, 0.717) is 33.5 Å². The van der Waals surface area contributed by atoms with Crippen LogP contribution in [0.2, 0.25) is 0 Å². The Balaban J connectivity index is 1.54. The van der Waals surface area contributed by atoms with Crippen molar-refractivity contribution in [3.05, 3.63) is 12.2 Å². The maximum absolute atomic E-state index is 10.9. The fraction of sp³-hybridized carbons (Fsp3) is 0.933. The van der Waals surface area contributed by atoms with Crippen LogP contribution in [0.3, 0.4) is 0 Å². The van der Waals surface area contributed by atoms with Crippen LogP contribution in [0.25, 0.3) is 0 Å². The highest BCUT2D eigenvalue weighted by Crippen LogP contribution is 2.76. The molecule has 0 bridgehead atoms. The van der Waals surface area contributed by atoms with Crippen LogP contribution in [0.1, 0.15) is 113 Å². The predicted molar refractivity (Wildman–Crippen MR) is 131 cm³/mol. The molecule has 0 heterocycles. The van der Waals surface area contributed by atoms with Crippen molar-refractivity contribution in [3.8, 4) is 0 Å². The zero-order valence-corrected chi connectivity index (χ0v) is 21.7. The maximum atomic E-state index is 10.9. The van der Waals surface area contributed by atoms with Crippen molar-refractivity contribution in [1.29, 1.82) is 0 Å². The van der Waals surface area contributed by atoms with Crippen LogP contribution in [-0.4, -0.2) is 11.2 Å². The lowest BCUT2D eigenvalue weighted by atomic mass is 9.31. The third kappa shape index (κ3) is 2.65. The predicted octanol–water partition coefficient (Wildman–Crippen LogP) is 8.02. The number of hydrogen-bond acceptors (Lipinski definition) is 1. The van der Waals surface area contributed by atoms with Crippen LogP contribution in [-0.2, 0) is 0 Å². The Morgan fingerprint density at radius 2 is 1.45 bits per heavy atom. The topological polar surface area (TPSA) is 20.2 Å². The molecule has 31 heavy (non-hydrogen) atoms. The lowest BCUT2D eigenvalue weighted by Gasteiger charge is -2.73. The second-order valence-electron chi connectivity index (χ2n) is 14.7. The van der Waals surface area contributed by atoms with Crippen molar-refractivity contribution >= 4 is 0 Å². The lowest BCUT2D eigenvalue weighted by Crippen LogP contribution is -2.66. The number of allylic oxidation sites excluding steroid dienone is 1. The summed E-state index contributed by atoms with van der Waals surface area (Å²) in [7, 11) is 0. The second-order valence-corrected chi connectivity index (χ2v) is 14.7. The van der Waals surface area contributed by atoms with Gasteiger partial charge >= 0.3 is 0 Å². The molecule has 0 saturated heterocycles. The number of rotatable bonds is 0. The number of fused-ring (bicyclic) bond motifs is 7. The van der Waals surface area contributed by atoms with Gasteiger partial charge in [-0.2, -0.15) is 0 Å². The van der Waals surface area contributed by atoms with E-state index in [0.717, 1.165) is 24.2 Å². The van der Waals surface area contributed by atoms with Crippen molar-refractivity contribution in [1.82, 2.24) is 0 Å². The fourth-order valence-corrected chi connectivity index (χ4v) is 11.2. The van der Waals surface area contributed by atoms with Gasteiger partial charge in [-0.05, 0) is 121 Å². The van der Waals surface area contributed by atoms with Gasteiger partial charge in [0.05, 0.1) is 6.10 Å². The summed E-state index contributed by atoms with van der Waals surface area (Å²) < 4.78 is 0. The molecule has 0 radical (unpaired) electrons. The summed E-state index contributed by atoms with van der Waals surface area (Å²) >= 11 is 0. The Morgan fingerprint density at radius 1 is 0.742 bits per heavy atom. The van der Waals surface area contributed by atoms with E-state index in [4.69, 9.17) is 6.58 Å². The highest BCUT2D eigenvalue weighted by Gasteiger charge is 2.69. The molecular formula is C30H50O. The van der Waals surface area contributed by atoms with Gasteiger partial charge < -0.3 is 5.11 Å². The molecule has 5 saturated carbocycles. The fourth-order valence-electron chi connectivity index (χ4n) is 11.2. The zero-order valence-electron chi connectivity index (χ0n) is 21.7. The molecule has 1 nitrogen and oxygen atoms in total. The Hall–Kier alpha value is -0.300. The molecule has 1 heteroatoms. The highest BCUT2D eigenvalue weighted by molar-refractivity contribution is 5.24.